The Bertz CT molecular complexity index is 414. The first-order valence-corrected chi connectivity index (χ1v) is 5.18. The van der Waals surface area contributed by atoms with E-state index < -0.39 is 11.7 Å². The SMILES string of the molecule is O=C1CCC(Nc2ccc(C(F)(F)F)cc2)N1. The smallest absolute Gasteiger partial charge is 0.365 e. The van der Waals surface area contributed by atoms with Crippen LogP contribution in [0.2, 0.25) is 0 Å². The van der Waals surface area contributed by atoms with Crippen LogP contribution in [-0.2, 0) is 11.0 Å². The van der Waals surface area contributed by atoms with E-state index in [1.807, 2.05) is 0 Å². The minimum atomic E-state index is -4.32. The van der Waals surface area contributed by atoms with E-state index in [0.717, 1.165) is 12.1 Å². The van der Waals surface area contributed by atoms with Crippen LogP contribution >= 0.6 is 0 Å². The fourth-order valence-corrected chi connectivity index (χ4v) is 1.68. The van der Waals surface area contributed by atoms with Crippen molar-refractivity contribution < 1.29 is 18.0 Å². The number of hydrogen-bond acceptors (Lipinski definition) is 2. The first-order valence-electron chi connectivity index (χ1n) is 5.18. The zero-order valence-electron chi connectivity index (χ0n) is 8.84. The Kier molecular flexibility index (Phi) is 2.95. The second kappa shape index (κ2) is 4.27. The van der Waals surface area contributed by atoms with Gasteiger partial charge in [0.2, 0.25) is 5.91 Å². The Morgan fingerprint density at radius 2 is 1.88 bits per heavy atom. The molecule has 6 heteroatoms. The maximum absolute atomic E-state index is 12.3. The monoisotopic (exact) mass is 244 g/mol. The number of carbonyl (C=O) groups is 1. The van der Waals surface area contributed by atoms with E-state index in [4.69, 9.17) is 0 Å². The van der Waals surface area contributed by atoms with Crippen LogP contribution in [0.1, 0.15) is 18.4 Å². The lowest BCUT2D eigenvalue weighted by molar-refractivity contribution is -0.137. The van der Waals surface area contributed by atoms with Crippen LogP contribution in [0.5, 0.6) is 0 Å². The molecule has 1 heterocycles. The Hall–Kier alpha value is -1.72. The Morgan fingerprint density at radius 1 is 1.24 bits per heavy atom. The van der Waals surface area contributed by atoms with Gasteiger partial charge in [-0.25, -0.2) is 0 Å². The summed E-state index contributed by atoms with van der Waals surface area (Å²) in [5.74, 6) is -0.0468. The van der Waals surface area contributed by atoms with Gasteiger partial charge in [-0.2, -0.15) is 13.2 Å². The molecule has 1 unspecified atom stereocenters. The molecule has 0 radical (unpaired) electrons. The van der Waals surface area contributed by atoms with Crippen molar-refractivity contribution in [2.75, 3.05) is 5.32 Å². The summed E-state index contributed by atoms with van der Waals surface area (Å²) in [6.45, 7) is 0. The first-order chi connectivity index (χ1) is 7.95. The molecule has 1 atom stereocenters. The molecule has 0 saturated carbocycles. The van der Waals surface area contributed by atoms with Gasteiger partial charge in [0.1, 0.15) is 0 Å². The highest BCUT2D eigenvalue weighted by molar-refractivity contribution is 5.79. The molecular weight excluding hydrogens is 233 g/mol. The van der Waals surface area contributed by atoms with Crippen LogP contribution in [0.3, 0.4) is 0 Å². The number of carbonyl (C=O) groups excluding carboxylic acids is 1. The van der Waals surface area contributed by atoms with E-state index in [-0.39, 0.29) is 12.1 Å². The third kappa shape index (κ3) is 2.89. The van der Waals surface area contributed by atoms with Crippen molar-refractivity contribution in [3.05, 3.63) is 29.8 Å². The van der Waals surface area contributed by atoms with Gasteiger partial charge in [0.25, 0.3) is 0 Å². The number of alkyl halides is 3. The average Bonchev–Trinajstić information content (AvgIpc) is 2.63. The fraction of sp³-hybridized carbons (Fsp3) is 0.364. The largest absolute Gasteiger partial charge is 0.416 e. The lowest BCUT2D eigenvalue weighted by atomic mass is 10.2. The molecule has 0 aliphatic carbocycles. The summed E-state index contributed by atoms with van der Waals surface area (Å²) in [7, 11) is 0. The van der Waals surface area contributed by atoms with Gasteiger partial charge in [-0.3, -0.25) is 4.79 Å². The average molecular weight is 244 g/mol. The van der Waals surface area contributed by atoms with Crippen LogP contribution < -0.4 is 10.6 Å². The molecule has 3 nitrogen and oxygen atoms in total. The zero-order chi connectivity index (χ0) is 12.5. The number of amides is 1. The van der Waals surface area contributed by atoms with Crippen molar-refractivity contribution in [3.8, 4) is 0 Å². The van der Waals surface area contributed by atoms with Crippen molar-refractivity contribution in [1.82, 2.24) is 5.32 Å². The van der Waals surface area contributed by atoms with Crippen molar-refractivity contribution in [3.63, 3.8) is 0 Å². The second-order valence-electron chi connectivity index (χ2n) is 3.88. The minimum absolute atomic E-state index is 0.0468. The molecule has 92 valence electrons. The van der Waals surface area contributed by atoms with Gasteiger partial charge in [-0.15, -0.1) is 0 Å². The number of benzene rings is 1. The van der Waals surface area contributed by atoms with E-state index in [1.165, 1.54) is 12.1 Å². The number of anilines is 1. The number of hydrogen-bond donors (Lipinski definition) is 2. The molecule has 1 amide bonds. The normalized spacial score (nSPS) is 20.2. The summed E-state index contributed by atoms with van der Waals surface area (Å²) in [4.78, 5) is 10.9. The molecule has 2 N–H and O–H groups in total. The summed E-state index contributed by atoms with van der Waals surface area (Å²) < 4.78 is 36.9. The van der Waals surface area contributed by atoms with Gasteiger partial charge in [0.05, 0.1) is 11.7 Å². The number of rotatable bonds is 2. The quantitative estimate of drug-likeness (QED) is 0.838. The molecule has 1 aromatic carbocycles. The van der Waals surface area contributed by atoms with E-state index in [9.17, 15) is 18.0 Å². The lowest BCUT2D eigenvalue weighted by Gasteiger charge is -2.14. The van der Waals surface area contributed by atoms with Gasteiger partial charge in [-0.05, 0) is 30.7 Å². The highest BCUT2D eigenvalue weighted by Crippen LogP contribution is 2.30. The van der Waals surface area contributed by atoms with Crippen LogP contribution in [-0.4, -0.2) is 12.1 Å². The third-order valence-electron chi connectivity index (χ3n) is 2.55. The Morgan fingerprint density at radius 3 is 2.35 bits per heavy atom. The molecule has 1 aromatic rings. The van der Waals surface area contributed by atoms with Gasteiger partial charge < -0.3 is 10.6 Å². The van der Waals surface area contributed by atoms with Crippen LogP contribution in [0, 0.1) is 0 Å². The van der Waals surface area contributed by atoms with Crippen molar-refractivity contribution in [2.24, 2.45) is 0 Å². The van der Waals surface area contributed by atoms with Crippen molar-refractivity contribution in [1.29, 1.82) is 0 Å². The zero-order valence-corrected chi connectivity index (χ0v) is 8.84. The summed E-state index contributed by atoms with van der Waals surface area (Å²) in [5.41, 5.74) is -0.122. The number of halogens is 3. The molecule has 0 bridgehead atoms. The van der Waals surface area contributed by atoms with Gasteiger partial charge in [0.15, 0.2) is 0 Å². The van der Waals surface area contributed by atoms with E-state index in [0.29, 0.717) is 18.5 Å². The predicted octanol–water partition coefficient (Wildman–Crippen LogP) is 2.35. The highest BCUT2D eigenvalue weighted by Gasteiger charge is 2.30. The number of nitrogens with one attached hydrogen (secondary N) is 2. The summed E-state index contributed by atoms with van der Waals surface area (Å²) >= 11 is 0. The van der Waals surface area contributed by atoms with Crippen LogP contribution in [0.4, 0.5) is 18.9 Å². The molecule has 1 fully saturated rings. The fourth-order valence-electron chi connectivity index (χ4n) is 1.68. The van der Waals surface area contributed by atoms with Crippen molar-refractivity contribution >= 4 is 11.6 Å². The molecule has 2 rings (SSSR count). The predicted molar refractivity (Wildman–Crippen MR) is 56.2 cm³/mol. The topological polar surface area (TPSA) is 41.1 Å². The molecule has 17 heavy (non-hydrogen) atoms. The third-order valence-corrected chi connectivity index (χ3v) is 2.55. The first kappa shape index (κ1) is 11.8. The van der Waals surface area contributed by atoms with Gasteiger partial charge >= 0.3 is 6.18 Å². The maximum atomic E-state index is 12.3. The summed E-state index contributed by atoms with van der Waals surface area (Å²) in [6, 6.07) is 4.73. The van der Waals surface area contributed by atoms with E-state index in [1.54, 1.807) is 0 Å². The lowest BCUT2D eigenvalue weighted by Crippen LogP contribution is -2.32. The standard InChI is InChI=1S/C11H11F3N2O/c12-11(13,14)7-1-3-8(4-2-7)15-9-5-6-10(17)16-9/h1-4,9,15H,5-6H2,(H,16,17). The van der Waals surface area contributed by atoms with E-state index in [2.05, 4.69) is 10.6 Å². The van der Waals surface area contributed by atoms with E-state index >= 15 is 0 Å². The highest BCUT2D eigenvalue weighted by atomic mass is 19.4. The summed E-state index contributed by atoms with van der Waals surface area (Å²) in [5, 5.41) is 5.63. The van der Waals surface area contributed by atoms with Crippen LogP contribution in [0.15, 0.2) is 24.3 Å². The van der Waals surface area contributed by atoms with Crippen LogP contribution in [0.25, 0.3) is 0 Å². The minimum Gasteiger partial charge on any atom is -0.365 e. The maximum Gasteiger partial charge on any atom is 0.416 e. The molecule has 0 spiro atoms. The molecule has 0 aromatic heterocycles. The second-order valence-corrected chi connectivity index (χ2v) is 3.88. The molecule has 1 aliphatic rings. The molecular formula is C11H11F3N2O. The summed E-state index contributed by atoms with van der Waals surface area (Å²) in [6.07, 6.45) is -3.43. The van der Waals surface area contributed by atoms with Crippen molar-refractivity contribution in [2.45, 2.75) is 25.2 Å². The Labute approximate surface area is 96.0 Å². The van der Waals surface area contributed by atoms with Gasteiger partial charge in [-0.1, -0.05) is 0 Å². The molecule has 1 aliphatic heterocycles. The Balaban J connectivity index is 2.01. The van der Waals surface area contributed by atoms with Gasteiger partial charge in [0, 0.05) is 12.1 Å². The molecule has 1 saturated heterocycles.